The van der Waals surface area contributed by atoms with Crippen molar-refractivity contribution >= 4 is 11.6 Å². The summed E-state index contributed by atoms with van der Waals surface area (Å²) < 4.78 is 26.8. The molecule has 0 radical (unpaired) electrons. The Bertz CT molecular complexity index is 449. The van der Waals surface area contributed by atoms with E-state index in [-0.39, 0.29) is 17.3 Å². The van der Waals surface area contributed by atoms with E-state index in [0.29, 0.717) is 0 Å². The summed E-state index contributed by atoms with van der Waals surface area (Å²) in [5, 5.41) is 2.65. The van der Waals surface area contributed by atoms with Crippen molar-refractivity contribution in [3.63, 3.8) is 0 Å². The van der Waals surface area contributed by atoms with Gasteiger partial charge in [0.2, 0.25) is 0 Å². The zero-order chi connectivity index (χ0) is 14.4. The van der Waals surface area contributed by atoms with Crippen molar-refractivity contribution < 1.29 is 13.6 Å². The van der Waals surface area contributed by atoms with Gasteiger partial charge in [-0.25, -0.2) is 8.78 Å². The summed E-state index contributed by atoms with van der Waals surface area (Å²) in [6.45, 7) is 3.93. The molecule has 1 aromatic rings. The van der Waals surface area contributed by atoms with E-state index in [2.05, 4.69) is 12.2 Å². The molecule has 0 saturated heterocycles. The molecule has 3 nitrogen and oxygen atoms in total. The summed E-state index contributed by atoms with van der Waals surface area (Å²) >= 11 is 0. The zero-order valence-electron chi connectivity index (χ0n) is 11.3. The maximum absolute atomic E-state index is 13.6. The molecule has 1 amide bonds. The summed E-state index contributed by atoms with van der Waals surface area (Å²) in [6.07, 6.45) is 3.98. The van der Waals surface area contributed by atoms with Gasteiger partial charge < -0.3 is 11.1 Å². The normalized spacial score (nSPS) is 12.2. The Morgan fingerprint density at radius 3 is 2.68 bits per heavy atom. The largest absolute Gasteiger partial charge is 0.396 e. The first-order valence-corrected chi connectivity index (χ1v) is 6.51. The van der Waals surface area contributed by atoms with Gasteiger partial charge in [-0.2, -0.15) is 0 Å². The van der Waals surface area contributed by atoms with Crippen molar-refractivity contribution in [2.45, 2.75) is 45.6 Å². The molecule has 5 heteroatoms. The van der Waals surface area contributed by atoms with Crippen molar-refractivity contribution in [3.05, 3.63) is 29.3 Å². The summed E-state index contributed by atoms with van der Waals surface area (Å²) in [6, 6.07) is 1.64. The molecule has 0 spiro atoms. The van der Waals surface area contributed by atoms with Crippen molar-refractivity contribution in [1.82, 2.24) is 5.32 Å². The second kappa shape index (κ2) is 7.07. The number of benzene rings is 1. The van der Waals surface area contributed by atoms with Crippen molar-refractivity contribution in [1.29, 1.82) is 0 Å². The molecule has 1 unspecified atom stereocenters. The van der Waals surface area contributed by atoms with Gasteiger partial charge in [-0.05, 0) is 25.5 Å². The SMILES string of the molecule is CCCCCC(C)NC(=O)c1cc(F)cc(N)c1F. The average Bonchev–Trinajstić information content (AvgIpc) is 2.33. The topological polar surface area (TPSA) is 55.1 Å². The first-order valence-electron chi connectivity index (χ1n) is 6.51. The molecule has 0 saturated carbocycles. The molecule has 3 N–H and O–H groups in total. The second-order valence-corrected chi connectivity index (χ2v) is 4.73. The Kier molecular flexibility index (Phi) is 5.73. The number of unbranched alkanes of at least 4 members (excludes halogenated alkanes) is 2. The van der Waals surface area contributed by atoms with Gasteiger partial charge in [0.15, 0.2) is 5.82 Å². The smallest absolute Gasteiger partial charge is 0.254 e. The van der Waals surface area contributed by atoms with Crippen LogP contribution < -0.4 is 11.1 Å². The highest BCUT2D eigenvalue weighted by Gasteiger charge is 2.17. The third-order valence-corrected chi connectivity index (χ3v) is 2.93. The molecule has 106 valence electrons. The van der Waals surface area contributed by atoms with Crippen molar-refractivity contribution in [2.75, 3.05) is 5.73 Å². The van der Waals surface area contributed by atoms with Gasteiger partial charge in [0.05, 0.1) is 11.3 Å². The summed E-state index contributed by atoms with van der Waals surface area (Å²) in [5.74, 6) is -2.23. The lowest BCUT2D eigenvalue weighted by Gasteiger charge is -2.14. The van der Waals surface area contributed by atoms with Crippen molar-refractivity contribution in [2.24, 2.45) is 0 Å². The summed E-state index contributed by atoms with van der Waals surface area (Å²) in [7, 11) is 0. The van der Waals surface area contributed by atoms with Gasteiger partial charge in [-0.15, -0.1) is 0 Å². The maximum Gasteiger partial charge on any atom is 0.254 e. The predicted octanol–water partition coefficient (Wildman–Crippen LogP) is 3.25. The van der Waals surface area contributed by atoms with E-state index in [9.17, 15) is 13.6 Å². The summed E-state index contributed by atoms with van der Waals surface area (Å²) in [5.41, 5.74) is 4.59. The van der Waals surface area contributed by atoms with Crippen LogP contribution in [0, 0.1) is 11.6 Å². The molecular formula is C14H20F2N2O. The fourth-order valence-electron chi connectivity index (χ4n) is 1.85. The van der Waals surface area contributed by atoms with Crippen LogP contribution in [0.5, 0.6) is 0 Å². The molecule has 0 aliphatic heterocycles. The van der Waals surface area contributed by atoms with Crippen LogP contribution in [0.3, 0.4) is 0 Å². The standard InChI is InChI=1S/C14H20F2N2O/c1-3-4-5-6-9(2)18-14(19)11-7-10(15)8-12(17)13(11)16/h7-9H,3-6,17H2,1-2H3,(H,18,19). The lowest BCUT2D eigenvalue weighted by Crippen LogP contribution is -2.33. The predicted molar refractivity (Wildman–Crippen MR) is 71.8 cm³/mol. The Balaban J connectivity index is 2.68. The first-order chi connectivity index (χ1) is 8.95. The molecule has 0 fully saturated rings. The van der Waals surface area contributed by atoms with Crippen LogP contribution >= 0.6 is 0 Å². The molecule has 1 atom stereocenters. The van der Waals surface area contributed by atoms with E-state index in [1.54, 1.807) is 0 Å². The van der Waals surface area contributed by atoms with Crippen LogP contribution in [0.15, 0.2) is 12.1 Å². The molecule has 0 bridgehead atoms. The Morgan fingerprint density at radius 1 is 1.37 bits per heavy atom. The highest BCUT2D eigenvalue weighted by molar-refractivity contribution is 5.95. The highest BCUT2D eigenvalue weighted by Crippen LogP contribution is 2.17. The molecule has 0 heterocycles. The molecular weight excluding hydrogens is 250 g/mol. The van der Waals surface area contributed by atoms with Crippen LogP contribution in [-0.4, -0.2) is 11.9 Å². The van der Waals surface area contributed by atoms with E-state index in [0.717, 1.165) is 37.8 Å². The molecule has 0 aromatic heterocycles. The van der Waals surface area contributed by atoms with Gasteiger partial charge in [0.1, 0.15) is 5.82 Å². The minimum atomic E-state index is -0.875. The number of hydrogen-bond donors (Lipinski definition) is 2. The minimum absolute atomic E-state index is 0.0806. The number of nitrogens with two attached hydrogens (primary N) is 1. The van der Waals surface area contributed by atoms with Gasteiger partial charge in [-0.3, -0.25) is 4.79 Å². The number of nitrogens with one attached hydrogen (secondary N) is 1. The number of hydrogen-bond acceptors (Lipinski definition) is 2. The Morgan fingerprint density at radius 2 is 2.05 bits per heavy atom. The fraction of sp³-hybridized carbons (Fsp3) is 0.500. The lowest BCUT2D eigenvalue weighted by atomic mass is 10.1. The fourth-order valence-corrected chi connectivity index (χ4v) is 1.85. The quantitative estimate of drug-likeness (QED) is 0.616. The van der Waals surface area contributed by atoms with E-state index in [4.69, 9.17) is 5.73 Å². The van der Waals surface area contributed by atoms with Gasteiger partial charge >= 0.3 is 0 Å². The van der Waals surface area contributed by atoms with E-state index in [1.807, 2.05) is 6.92 Å². The number of carbonyl (C=O) groups is 1. The molecule has 0 aliphatic carbocycles. The highest BCUT2D eigenvalue weighted by atomic mass is 19.1. The second-order valence-electron chi connectivity index (χ2n) is 4.73. The van der Waals surface area contributed by atoms with Gasteiger partial charge in [0.25, 0.3) is 5.91 Å². The van der Waals surface area contributed by atoms with Crippen LogP contribution in [0.1, 0.15) is 49.9 Å². The monoisotopic (exact) mass is 270 g/mol. The third-order valence-electron chi connectivity index (χ3n) is 2.93. The third kappa shape index (κ3) is 4.50. The first kappa shape index (κ1) is 15.4. The Hall–Kier alpha value is -1.65. The van der Waals surface area contributed by atoms with E-state index >= 15 is 0 Å². The number of anilines is 1. The van der Waals surface area contributed by atoms with Crippen LogP contribution in [0.4, 0.5) is 14.5 Å². The number of halogens is 2. The molecule has 1 aromatic carbocycles. The van der Waals surface area contributed by atoms with Crippen molar-refractivity contribution in [3.8, 4) is 0 Å². The number of amides is 1. The van der Waals surface area contributed by atoms with Crippen LogP contribution in [-0.2, 0) is 0 Å². The van der Waals surface area contributed by atoms with E-state index in [1.165, 1.54) is 0 Å². The molecule has 19 heavy (non-hydrogen) atoms. The average molecular weight is 270 g/mol. The van der Waals surface area contributed by atoms with Gasteiger partial charge in [-0.1, -0.05) is 26.2 Å². The number of nitrogen functional groups attached to an aromatic ring is 1. The molecule has 1 rings (SSSR count). The zero-order valence-corrected chi connectivity index (χ0v) is 11.3. The summed E-state index contributed by atoms with van der Waals surface area (Å²) in [4.78, 5) is 11.8. The van der Waals surface area contributed by atoms with Crippen LogP contribution in [0.25, 0.3) is 0 Å². The minimum Gasteiger partial charge on any atom is -0.396 e. The number of rotatable bonds is 6. The van der Waals surface area contributed by atoms with E-state index < -0.39 is 17.5 Å². The molecule has 0 aliphatic rings. The van der Waals surface area contributed by atoms with Gasteiger partial charge in [0, 0.05) is 6.04 Å². The van der Waals surface area contributed by atoms with Crippen LogP contribution in [0.2, 0.25) is 0 Å². The lowest BCUT2D eigenvalue weighted by molar-refractivity contribution is 0.0933. The Labute approximate surface area is 112 Å². The number of carbonyl (C=O) groups excluding carboxylic acids is 1. The maximum atomic E-state index is 13.6.